The third-order valence-electron chi connectivity index (χ3n) is 5.77. The number of carbonyl (C=O) groups excluding carboxylic acids is 2. The summed E-state index contributed by atoms with van der Waals surface area (Å²) in [5.74, 6) is -0.686. The van der Waals surface area contributed by atoms with Gasteiger partial charge in [0, 0.05) is 5.57 Å². The lowest BCUT2D eigenvalue weighted by molar-refractivity contribution is -0.156. The molecule has 0 aliphatic carbocycles. The molecular weight excluding hydrogens is 676 g/mol. The average molecular weight is 743 g/mol. The van der Waals surface area contributed by atoms with E-state index in [1.165, 1.54) is 0 Å². The van der Waals surface area contributed by atoms with Crippen molar-refractivity contribution < 1.29 is 75.9 Å². The number of rotatable bonds is 40. The minimum absolute atomic E-state index is 0.194. The molecule has 0 saturated heterocycles. The van der Waals surface area contributed by atoms with Crippen LogP contribution in [0.5, 0.6) is 0 Å². The van der Waals surface area contributed by atoms with Crippen molar-refractivity contribution in [3.8, 4) is 0 Å². The lowest BCUT2D eigenvalue weighted by atomic mass is 10.2. The SMILES string of the molecule is C=C(C)C(=O)OCCOCCOCCOCCOCCOCCOCCOCCOCCOCCOCCOCCOCCC(=O)OC(C)(C)C. The van der Waals surface area contributed by atoms with E-state index in [9.17, 15) is 9.59 Å². The highest BCUT2D eigenvalue weighted by atomic mass is 16.6. The van der Waals surface area contributed by atoms with E-state index in [0.29, 0.717) is 164 Å². The lowest BCUT2D eigenvalue weighted by Gasteiger charge is -2.19. The minimum Gasteiger partial charge on any atom is -0.460 e. The van der Waals surface area contributed by atoms with E-state index in [4.69, 9.17) is 66.3 Å². The zero-order valence-electron chi connectivity index (χ0n) is 31.6. The predicted molar refractivity (Wildman–Crippen MR) is 186 cm³/mol. The highest BCUT2D eigenvalue weighted by Crippen LogP contribution is 2.08. The van der Waals surface area contributed by atoms with Crippen LogP contribution in [0.15, 0.2) is 12.2 Å². The second-order valence-corrected chi connectivity index (χ2v) is 11.6. The Morgan fingerprint density at radius 3 is 0.824 bits per heavy atom. The average Bonchev–Trinajstić information content (AvgIpc) is 3.08. The minimum atomic E-state index is -0.478. The van der Waals surface area contributed by atoms with Crippen molar-refractivity contribution in [2.45, 2.75) is 39.7 Å². The number of ether oxygens (including phenoxy) is 14. The molecule has 16 heteroatoms. The zero-order valence-corrected chi connectivity index (χ0v) is 31.6. The molecule has 0 amide bonds. The molecule has 0 N–H and O–H groups in total. The number of esters is 2. The molecule has 0 aromatic rings. The molecule has 0 bridgehead atoms. The van der Waals surface area contributed by atoms with E-state index >= 15 is 0 Å². The van der Waals surface area contributed by atoms with Gasteiger partial charge in [0.1, 0.15) is 12.2 Å². The second kappa shape index (κ2) is 37.9. The van der Waals surface area contributed by atoms with Crippen molar-refractivity contribution in [1.29, 1.82) is 0 Å². The molecule has 302 valence electrons. The first-order valence-electron chi connectivity index (χ1n) is 17.7. The fourth-order valence-corrected chi connectivity index (χ4v) is 3.39. The van der Waals surface area contributed by atoms with Crippen molar-refractivity contribution in [3.05, 3.63) is 12.2 Å². The number of hydrogen-bond donors (Lipinski definition) is 0. The van der Waals surface area contributed by atoms with Gasteiger partial charge in [-0.3, -0.25) is 4.79 Å². The maximum Gasteiger partial charge on any atom is 0.333 e. The molecule has 0 aromatic heterocycles. The Labute approximate surface area is 304 Å². The number of carbonyl (C=O) groups is 2. The van der Waals surface area contributed by atoms with Crippen LogP contribution in [0.25, 0.3) is 0 Å². The molecule has 0 spiro atoms. The van der Waals surface area contributed by atoms with Gasteiger partial charge in [-0.1, -0.05) is 6.58 Å². The third-order valence-corrected chi connectivity index (χ3v) is 5.77. The highest BCUT2D eigenvalue weighted by molar-refractivity contribution is 5.86. The first-order chi connectivity index (χ1) is 24.7. The van der Waals surface area contributed by atoms with Crippen LogP contribution in [0, 0.1) is 0 Å². The van der Waals surface area contributed by atoms with Gasteiger partial charge in [-0.05, 0) is 27.7 Å². The van der Waals surface area contributed by atoms with Crippen LogP contribution in [0.2, 0.25) is 0 Å². The molecule has 0 radical (unpaired) electrons. The fraction of sp³-hybridized carbons (Fsp3) is 0.886. The van der Waals surface area contributed by atoms with Crippen LogP contribution in [0.1, 0.15) is 34.1 Å². The molecule has 0 unspecified atom stereocenters. The van der Waals surface area contributed by atoms with Gasteiger partial charge in [0.15, 0.2) is 0 Å². The summed E-state index contributed by atoms with van der Waals surface area (Å²) in [6.45, 7) is 21.7. The van der Waals surface area contributed by atoms with Crippen LogP contribution < -0.4 is 0 Å². The van der Waals surface area contributed by atoms with Gasteiger partial charge in [0.2, 0.25) is 0 Å². The molecule has 51 heavy (non-hydrogen) atoms. The molecule has 0 fully saturated rings. The van der Waals surface area contributed by atoms with Crippen LogP contribution in [-0.4, -0.2) is 183 Å². The van der Waals surface area contributed by atoms with Crippen molar-refractivity contribution in [3.63, 3.8) is 0 Å². The second-order valence-electron chi connectivity index (χ2n) is 11.6. The lowest BCUT2D eigenvalue weighted by Crippen LogP contribution is -2.24. The maximum absolute atomic E-state index is 11.6. The van der Waals surface area contributed by atoms with E-state index in [2.05, 4.69) is 6.58 Å². The van der Waals surface area contributed by atoms with Gasteiger partial charge in [0.05, 0.1) is 165 Å². The van der Waals surface area contributed by atoms with E-state index in [1.807, 2.05) is 20.8 Å². The molecule has 0 atom stereocenters. The van der Waals surface area contributed by atoms with Crippen molar-refractivity contribution in [2.24, 2.45) is 0 Å². The van der Waals surface area contributed by atoms with Gasteiger partial charge in [-0.25, -0.2) is 4.79 Å². The van der Waals surface area contributed by atoms with Gasteiger partial charge >= 0.3 is 11.9 Å². The molecule has 0 aromatic carbocycles. The van der Waals surface area contributed by atoms with E-state index < -0.39 is 11.6 Å². The van der Waals surface area contributed by atoms with Crippen LogP contribution in [0.4, 0.5) is 0 Å². The summed E-state index contributed by atoms with van der Waals surface area (Å²) >= 11 is 0. The van der Waals surface area contributed by atoms with Crippen molar-refractivity contribution in [1.82, 2.24) is 0 Å². The smallest absolute Gasteiger partial charge is 0.333 e. The van der Waals surface area contributed by atoms with Gasteiger partial charge < -0.3 is 66.3 Å². The summed E-state index contributed by atoms with van der Waals surface area (Å²) in [6, 6.07) is 0. The molecular formula is C35H66O16. The molecule has 0 aliphatic heterocycles. The summed E-state index contributed by atoms with van der Waals surface area (Å²) in [5.41, 5.74) is -0.112. The molecule has 0 saturated carbocycles. The van der Waals surface area contributed by atoms with Crippen molar-refractivity contribution >= 4 is 11.9 Å². The zero-order chi connectivity index (χ0) is 37.5. The predicted octanol–water partition coefficient (Wildman–Crippen LogP) is 2.04. The molecule has 0 aliphatic rings. The Hall–Kier alpha value is -1.80. The Morgan fingerprint density at radius 1 is 0.392 bits per heavy atom. The monoisotopic (exact) mass is 742 g/mol. The van der Waals surface area contributed by atoms with Gasteiger partial charge in [-0.15, -0.1) is 0 Å². The third kappa shape index (κ3) is 42.5. The Bertz CT molecular complexity index is 792. The Kier molecular flexibility index (Phi) is 36.6. The quantitative estimate of drug-likeness (QED) is 0.0509. The van der Waals surface area contributed by atoms with E-state index in [0.717, 1.165) is 0 Å². The Morgan fingerprint density at radius 2 is 0.608 bits per heavy atom. The summed E-state index contributed by atoms with van der Waals surface area (Å²) in [6.07, 6.45) is 0.227. The van der Waals surface area contributed by atoms with Crippen LogP contribution >= 0.6 is 0 Å². The van der Waals surface area contributed by atoms with Crippen LogP contribution in [-0.2, 0) is 75.9 Å². The van der Waals surface area contributed by atoms with Crippen LogP contribution in [0.3, 0.4) is 0 Å². The summed E-state index contributed by atoms with van der Waals surface area (Å²) in [7, 11) is 0. The van der Waals surface area contributed by atoms with Crippen molar-refractivity contribution in [2.75, 3.05) is 165 Å². The number of hydrogen-bond acceptors (Lipinski definition) is 16. The summed E-state index contributed by atoms with van der Waals surface area (Å²) in [5, 5.41) is 0. The maximum atomic E-state index is 11.6. The normalized spacial score (nSPS) is 11.6. The summed E-state index contributed by atoms with van der Waals surface area (Å²) in [4.78, 5) is 22.8. The first-order valence-corrected chi connectivity index (χ1v) is 17.7. The first kappa shape index (κ1) is 49.2. The topological polar surface area (TPSA) is 163 Å². The largest absolute Gasteiger partial charge is 0.460 e. The Balaban J connectivity index is 3.11. The highest BCUT2D eigenvalue weighted by Gasteiger charge is 2.15. The molecule has 16 nitrogen and oxygen atoms in total. The standard InChI is InChI=1S/C35H66O16/c1-32(2)34(37)50-31-30-49-29-28-48-27-26-47-25-24-46-23-22-45-21-20-44-19-18-43-17-16-42-15-14-41-13-12-40-11-10-39-9-8-38-7-6-33(36)51-35(3,4)5/h1,6-31H2,2-5H3. The van der Waals surface area contributed by atoms with Gasteiger partial charge in [-0.2, -0.15) is 0 Å². The molecule has 0 rings (SSSR count). The fourth-order valence-electron chi connectivity index (χ4n) is 3.39. The molecule has 0 heterocycles. The van der Waals surface area contributed by atoms with E-state index in [-0.39, 0.29) is 19.0 Å². The summed E-state index contributed by atoms with van der Waals surface area (Å²) < 4.78 is 75.3. The van der Waals surface area contributed by atoms with Gasteiger partial charge in [0.25, 0.3) is 0 Å². The van der Waals surface area contributed by atoms with E-state index in [1.54, 1.807) is 6.92 Å².